The molecule has 4 aliphatic rings. The van der Waals surface area contributed by atoms with Crippen molar-refractivity contribution in [3.63, 3.8) is 0 Å². The predicted molar refractivity (Wildman–Crippen MR) is 137 cm³/mol. The van der Waals surface area contributed by atoms with E-state index in [1.807, 2.05) is 0 Å². The molecular weight excluding hydrogens is 504 g/mol. The summed E-state index contributed by atoms with van der Waals surface area (Å²) >= 11 is 0. The Labute approximate surface area is 218 Å². The smallest absolute Gasteiger partial charge is 0.264 e. The van der Waals surface area contributed by atoms with Gasteiger partial charge in [-0.15, -0.1) is 0 Å². The van der Waals surface area contributed by atoms with Crippen LogP contribution in [0, 0.1) is 34.5 Å². The summed E-state index contributed by atoms with van der Waals surface area (Å²) < 4.78 is 69.3. The van der Waals surface area contributed by atoms with Crippen molar-refractivity contribution in [2.45, 2.75) is 96.9 Å². The van der Waals surface area contributed by atoms with Crippen LogP contribution in [-0.2, 0) is 38.1 Å². The van der Waals surface area contributed by atoms with E-state index in [1.165, 1.54) is 6.42 Å². The molecule has 4 fully saturated rings. The number of rotatable bonds is 10. The van der Waals surface area contributed by atoms with Crippen molar-refractivity contribution in [2.75, 3.05) is 32.3 Å². The molecule has 210 valence electrons. The van der Waals surface area contributed by atoms with Gasteiger partial charge in [0, 0.05) is 6.61 Å². The van der Waals surface area contributed by atoms with Gasteiger partial charge in [-0.1, -0.05) is 13.8 Å². The second kappa shape index (κ2) is 11.1. The Morgan fingerprint density at radius 3 is 2.22 bits per heavy atom. The molecule has 0 aromatic carbocycles. The molecule has 0 aromatic rings. The SMILES string of the molecule is C[C@]1(CCOS(C)(=O)=O)[C@H](CCOS(C)(=O)=O)CC[C@@H]2[C@@H]1CC[C@]1(C)[C@@H](OC3CCCCO3)CC[C@@H]21. The van der Waals surface area contributed by atoms with E-state index in [2.05, 4.69) is 13.8 Å². The normalized spacial score (nSPS) is 41.6. The van der Waals surface area contributed by atoms with E-state index in [4.69, 9.17) is 17.8 Å². The standard InChI is InChI=1S/C26H46O8S2/c1-25(15-18-33-36(4,29)30)19(13-17-32-35(3,27)28)8-9-20-21-10-11-23(26(21,2)14-12-22(20)25)34-24-7-5-6-16-31-24/h19-24H,5-18H2,1-4H3/t19-,20-,21-,22-,23-,24?,25-,26-/m0/s1. The largest absolute Gasteiger partial charge is 0.353 e. The zero-order valence-electron chi connectivity index (χ0n) is 22.4. The van der Waals surface area contributed by atoms with Gasteiger partial charge in [0.1, 0.15) is 0 Å². The fourth-order valence-corrected chi connectivity index (χ4v) is 9.12. The molecule has 4 rings (SSSR count). The van der Waals surface area contributed by atoms with Gasteiger partial charge in [0.15, 0.2) is 6.29 Å². The third-order valence-electron chi connectivity index (χ3n) is 10.1. The number of hydrogen-bond acceptors (Lipinski definition) is 8. The van der Waals surface area contributed by atoms with Gasteiger partial charge in [0.05, 0.1) is 31.8 Å². The summed E-state index contributed by atoms with van der Waals surface area (Å²) in [5.74, 6) is 1.84. The average Bonchev–Trinajstić information content (AvgIpc) is 3.11. The maximum absolute atomic E-state index is 11.7. The van der Waals surface area contributed by atoms with Crippen LogP contribution in [0.2, 0.25) is 0 Å². The quantitative estimate of drug-likeness (QED) is 0.367. The monoisotopic (exact) mass is 550 g/mol. The number of hydrogen-bond donors (Lipinski definition) is 0. The molecule has 0 spiro atoms. The molecule has 8 atom stereocenters. The maximum Gasteiger partial charge on any atom is 0.264 e. The van der Waals surface area contributed by atoms with Crippen molar-refractivity contribution < 1.29 is 34.7 Å². The molecule has 1 unspecified atom stereocenters. The van der Waals surface area contributed by atoms with Crippen molar-refractivity contribution in [1.29, 1.82) is 0 Å². The first-order valence-corrected chi connectivity index (χ1v) is 17.4. The lowest BCUT2D eigenvalue weighted by Crippen LogP contribution is -2.53. The van der Waals surface area contributed by atoms with Crippen LogP contribution in [0.3, 0.4) is 0 Å². The van der Waals surface area contributed by atoms with E-state index in [1.54, 1.807) is 0 Å². The highest BCUT2D eigenvalue weighted by atomic mass is 32.2. The Morgan fingerprint density at radius 1 is 0.833 bits per heavy atom. The van der Waals surface area contributed by atoms with Gasteiger partial charge < -0.3 is 9.47 Å². The van der Waals surface area contributed by atoms with Gasteiger partial charge in [-0.25, -0.2) is 0 Å². The number of ether oxygens (including phenoxy) is 2. The first-order valence-electron chi connectivity index (χ1n) is 13.8. The third-order valence-corrected chi connectivity index (χ3v) is 11.3. The fourth-order valence-electron chi connectivity index (χ4n) is 8.33. The minimum atomic E-state index is -3.51. The minimum Gasteiger partial charge on any atom is -0.353 e. The molecule has 3 aliphatic carbocycles. The molecule has 0 amide bonds. The summed E-state index contributed by atoms with van der Waals surface area (Å²) in [5, 5.41) is 0. The summed E-state index contributed by atoms with van der Waals surface area (Å²) in [6.45, 7) is 5.82. The van der Waals surface area contributed by atoms with E-state index >= 15 is 0 Å². The van der Waals surface area contributed by atoms with Gasteiger partial charge in [-0.05, 0) is 105 Å². The molecule has 1 heterocycles. The summed E-state index contributed by atoms with van der Waals surface area (Å²) in [7, 11) is -7.00. The van der Waals surface area contributed by atoms with Crippen LogP contribution in [-0.4, -0.2) is 61.6 Å². The average molecular weight is 551 g/mol. The van der Waals surface area contributed by atoms with Crippen LogP contribution < -0.4 is 0 Å². The topological polar surface area (TPSA) is 105 Å². The molecule has 0 aromatic heterocycles. The Bertz CT molecular complexity index is 960. The van der Waals surface area contributed by atoms with Crippen LogP contribution in [0.5, 0.6) is 0 Å². The van der Waals surface area contributed by atoms with Crippen LogP contribution in [0.15, 0.2) is 0 Å². The van der Waals surface area contributed by atoms with Crippen LogP contribution >= 0.6 is 0 Å². The lowest BCUT2D eigenvalue weighted by atomic mass is 9.46. The van der Waals surface area contributed by atoms with Crippen molar-refractivity contribution in [3.8, 4) is 0 Å². The molecule has 0 radical (unpaired) electrons. The summed E-state index contributed by atoms with van der Waals surface area (Å²) in [4.78, 5) is 0. The second-order valence-electron chi connectivity index (χ2n) is 12.3. The van der Waals surface area contributed by atoms with Gasteiger partial charge in [-0.3, -0.25) is 8.37 Å². The van der Waals surface area contributed by atoms with Crippen LogP contribution in [0.25, 0.3) is 0 Å². The Kier molecular flexibility index (Phi) is 8.85. The summed E-state index contributed by atoms with van der Waals surface area (Å²) in [6.07, 6.45) is 13.4. The maximum atomic E-state index is 11.7. The molecular formula is C26H46O8S2. The number of fused-ring (bicyclic) bond motifs is 3. The molecule has 10 heteroatoms. The summed E-state index contributed by atoms with van der Waals surface area (Å²) in [5.41, 5.74) is -0.000394. The van der Waals surface area contributed by atoms with Crippen LogP contribution in [0.4, 0.5) is 0 Å². The lowest BCUT2D eigenvalue weighted by molar-refractivity contribution is -0.218. The Hall–Kier alpha value is -0.260. The first-order chi connectivity index (χ1) is 16.8. The van der Waals surface area contributed by atoms with Gasteiger partial charge in [-0.2, -0.15) is 16.8 Å². The van der Waals surface area contributed by atoms with Crippen molar-refractivity contribution in [3.05, 3.63) is 0 Å². The third kappa shape index (κ3) is 6.47. The molecule has 1 saturated heterocycles. The first kappa shape index (κ1) is 28.7. The fraction of sp³-hybridized carbons (Fsp3) is 1.00. The Morgan fingerprint density at radius 2 is 1.56 bits per heavy atom. The van der Waals surface area contributed by atoms with E-state index in [9.17, 15) is 16.8 Å². The molecule has 8 nitrogen and oxygen atoms in total. The second-order valence-corrected chi connectivity index (χ2v) is 15.6. The minimum absolute atomic E-state index is 0.0685. The van der Waals surface area contributed by atoms with Gasteiger partial charge in [0.25, 0.3) is 20.2 Å². The van der Waals surface area contributed by atoms with Crippen molar-refractivity contribution in [1.82, 2.24) is 0 Å². The molecule has 0 N–H and O–H groups in total. The van der Waals surface area contributed by atoms with Crippen LogP contribution in [0.1, 0.15) is 84.5 Å². The van der Waals surface area contributed by atoms with E-state index in [0.717, 1.165) is 70.5 Å². The summed E-state index contributed by atoms with van der Waals surface area (Å²) in [6, 6.07) is 0. The molecule has 1 aliphatic heterocycles. The van der Waals surface area contributed by atoms with Crippen molar-refractivity contribution >= 4 is 20.2 Å². The van der Waals surface area contributed by atoms with E-state index in [-0.39, 0.29) is 42.4 Å². The highest BCUT2D eigenvalue weighted by Gasteiger charge is 2.60. The van der Waals surface area contributed by atoms with Gasteiger partial charge >= 0.3 is 0 Å². The molecule has 3 saturated carbocycles. The van der Waals surface area contributed by atoms with Crippen molar-refractivity contribution in [2.24, 2.45) is 34.5 Å². The molecule has 36 heavy (non-hydrogen) atoms. The zero-order chi connectivity index (χ0) is 26.2. The lowest BCUT2D eigenvalue weighted by Gasteiger charge is -2.59. The van der Waals surface area contributed by atoms with E-state index in [0.29, 0.717) is 30.6 Å². The van der Waals surface area contributed by atoms with Gasteiger partial charge in [0.2, 0.25) is 0 Å². The predicted octanol–water partition coefficient (Wildman–Crippen LogP) is 4.49. The Balaban J connectivity index is 1.49. The zero-order valence-corrected chi connectivity index (χ0v) is 24.1. The highest BCUT2D eigenvalue weighted by molar-refractivity contribution is 7.86. The van der Waals surface area contributed by atoms with E-state index < -0.39 is 20.2 Å². The molecule has 0 bridgehead atoms. The highest BCUT2D eigenvalue weighted by Crippen LogP contribution is 2.65.